The van der Waals surface area contributed by atoms with Crippen molar-refractivity contribution in [3.63, 3.8) is 0 Å². The van der Waals surface area contributed by atoms with Gasteiger partial charge in [0.25, 0.3) is 0 Å². The van der Waals surface area contributed by atoms with E-state index in [9.17, 15) is 0 Å². The lowest BCUT2D eigenvalue weighted by atomic mass is 10.2. The van der Waals surface area contributed by atoms with Crippen LogP contribution in [0.15, 0.2) is 17.0 Å². The molecule has 0 aromatic heterocycles. The van der Waals surface area contributed by atoms with Gasteiger partial charge in [-0.15, -0.1) is 0 Å². The number of rotatable bonds is 4. The second-order valence-electron chi connectivity index (χ2n) is 3.41. The zero-order chi connectivity index (χ0) is 12.3. The van der Waals surface area contributed by atoms with Crippen LogP contribution in [0.4, 0.5) is 0 Å². The molecule has 0 radical (unpaired) electrons. The molecule has 0 N–H and O–H groups in total. The van der Waals surface area contributed by atoms with Crippen molar-refractivity contribution >= 4 is 21.7 Å². The summed E-state index contributed by atoms with van der Waals surface area (Å²) >= 11 is 0. The highest BCUT2D eigenvalue weighted by Gasteiger charge is 2.22. The Morgan fingerprint density at radius 2 is 1.71 bits per heavy atom. The Balaban J connectivity index is 2.40. The molecule has 6 heteroatoms. The molecule has 0 saturated carbocycles. The monoisotopic (exact) mass is 276 g/mol. The second-order valence-corrected chi connectivity index (χ2v) is 4.43. The second kappa shape index (κ2) is 5.82. The van der Waals surface area contributed by atoms with Gasteiger partial charge in [-0.05, 0) is 33.8 Å². The predicted octanol–water partition coefficient (Wildman–Crippen LogP) is 3.00. The fourth-order valence-corrected chi connectivity index (χ4v) is 2.56. The summed E-state index contributed by atoms with van der Waals surface area (Å²) in [7, 11) is 10.0. The Morgan fingerprint density at radius 3 is 2.12 bits per heavy atom. The molecule has 94 valence electrons. The number of hydrogen-bond donors (Lipinski definition) is 0. The molecule has 1 aromatic carbocycles. The van der Waals surface area contributed by atoms with Crippen LogP contribution in [-0.2, 0) is 9.47 Å². The largest absolute Gasteiger partial charge is 0.495 e. The summed E-state index contributed by atoms with van der Waals surface area (Å²) in [6.07, 6.45) is -0.354. The molecule has 1 aliphatic heterocycles. The van der Waals surface area contributed by atoms with E-state index in [1.165, 1.54) is 0 Å². The van der Waals surface area contributed by atoms with Gasteiger partial charge in [0.15, 0.2) is 6.29 Å². The highest BCUT2D eigenvalue weighted by Crippen LogP contribution is 2.42. The van der Waals surface area contributed by atoms with Crippen LogP contribution in [0, 0.1) is 0 Å². The highest BCUT2D eigenvalue weighted by molar-refractivity contribution is 8.21. The third-order valence-corrected chi connectivity index (χ3v) is 3.47. The average molecular weight is 277 g/mol. The molecule has 17 heavy (non-hydrogen) atoms. The van der Waals surface area contributed by atoms with Crippen LogP contribution in [0.1, 0.15) is 11.9 Å². The Hall–Kier alpha value is -0.620. The third kappa shape index (κ3) is 2.63. The first-order valence-corrected chi connectivity index (χ1v) is 6.72. The molecule has 0 aliphatic carbocycles. The van der Waals surface area contributed by atoms with Crippen molar-refractivity contribution in [2.45, 2.75) is 11.2 Å². The molecule has 0 amide bonds. The molecule has 0 bridgehead atoms. The summed E-state index contributed by atoms with van der Waals surface area (Å²) in [5.41, 5.74) is 0.866. The van der Waals surface area contributed by atoms with Crippen LogP contribution < -0.4 is 9.47 Å². The number of hydrogen-bond acceptors (Lipinski definition) is 5. The first-order chi connectivity index (χ1) is 8.30. The molecule has 2 rings (SSSR count). The number of ether oxygens (including phenoxy) is 4. The zero-order valence-electron chi connectivity index (χ0n) is 9.57. The van der Waals surface area contributed by atoms with Gasteiger partial charge in [0.05, 0.1) is 27.4 Å². The molecule has 1 fully saturated rings. The van der Waals surface area contributed by atoms with Gasteiger partial charge in [0.2, 0.25) is 0 Å². The molecule has 0 unspecified atom stereocenters. The number of methoxy groups -OCH3 is 2. The van der Waals surface area contributed by atoms with Gasteiger partial charge in [0.1, 0.15) is 16.4 Å². The van der Waals surface area contributed by atoms with E-state index in [0.717, 1.165) is 21.4 Å². The fraction of sp³-hybridized carbons (Fsp3) is 0.455. The van der Waals surface area contributed by atoms with E-state index < -0.39 is 0 Å². The summed E-state index contributed by atoms with van der Waals surface area (Å²) in [4.78, 5) is 0.749. The van der Waals surface area contributed by atoms with Gasteiger partial charge < -0.3 is 18.9 Å². The van der Waals surface area contributed by atoms with Crippen LogP contribution in [-0.4, -0.2) is 27.4 Å². The van der Waals surface area contributed by atoms with E-state index in [4.69, 9.17) is 29.6 Å². The lowest BCUT2D eigenvalue weighted by molar-refractivity contribution is -0.0443. The molecular weight excluding hydrogens is 264 g/mol. The molecule has 1 saturated heterocycles. The van der Waals surface area contributed by atoms with Gasteiger partial charge in [-0.1, -0.05) is 0 Å². The van der Waals surface area contributed by atoms with Crippen LogP contribution in [0.25, 0.3) is 0 Å². The first kappa shape index (κ1) is 12.8. The van der Waals surface area contributed by atoms with E-state index in [-0.39, 0.29) is 6.29 Å². The molecule has 0 spiro atoms. The normalized spacial score (nSPS) is 16.2. The number of benzene rings is 1. The smallest absolute Gasteiger partial charge is 0.184 e. The summed E-state index contributed by atoms with van der Waals surface area (Å²) in [5, 5.41) is 0. The maximum Gasteiger partial charge on any atom is 0.184 e. The van der Waals surface area contributed by atoms with Crippen LogP contribution in [0.5, 0.6) is 11.5 Å². The maximum atomic E-state index is 5.80. The van der Waals surface area contributed by atoms with E-state index >= 15 is 0 Å². The lowest BCUT2D eigenvalue weighted by Gasteiger charge is -2.15. The SMILES string of the molecule is COc1cc(C2OCCO2)cc(OC)c1SCl. The predicted molar refractivity (Wildman–Crippen MR) is 65.9 cm³/mol. The van der Waals surface area contributed by atoms with Crippen molar-refractivity contribution in [2.75, 3.05) is 27.4 Å². The van der Waals surface area contributed by atoms with E-state index in [1.807, 2.05) is 12.1 Å². The van der Waals surface area contributed by atoms with E-state index in [2.05, 4.69) is 0 Å². The molecule has 0 atom stereocenters. The van der Waals surface area contributed by atoms with Crippen molar-refractivity contribution in [3.8, 4) is 11.5 Å². The summed E-state index contributed by atoms with van der Waals surface area (Å²) < 4.78 is 21.4. The molecule has 1 aromatic rings. The van der Waals surface area contributed by atoms with Gasteiger partial charge in [-0.2, -0.15) is 0 Å². The fourth-order valence-electron chi connectivity index (χ4n) is 1.66. The minimum Gasteiger partial charge on any atom is -0.495 e. The van der Waals surface area contributed by atoms with Crippen molar-refractivity contribution < 1.29 is 18.9 Å². The average Bonchev–Trinajstić information content (AvgIpc) is 2.90. The standard InChI is InChI=1S/C11H13ClO4S/c1-13-8-5-7(11-15-3-4-16-11)6-9(14-2)10(8)17-12/h5-6,11H,3-4H2,1-2H3. The lowest BCUT2D eigenvalue weighted by Crippen LogP contribution is -2.01. The zero-order valence-corrected chi connectivity index (χ0v) is 11.1. The summed E-state index contributed by atoms with van der Waals surface area (Å²) in [6.45, 7) is 1.20. The van der Waals surface area contributed by atoms with Gasteiger partial charge in [-0.25, -0.2) is 0 Å². The minimum atomic E-state index is -0.354. The Morgan fingerprint density at radius 1 is 1.18 bits per heavy atom. The summed E-state index contributed by atoms with van der Waals surface area (Å²) in [5.74, 6) is 1.30. The van der Waals surface area contributed by atoms with Gasteiger partial charge in [-0.3, -0.25) is 0 Å². The van der Waals surface area contributed by atoms with Gasteiger partial charge in [0, 0.05) is 5.56 Å². The van der Waals surface area contributed by atoms with Crippen molar-refractivity contribution in [1.29, 1.82) is 0 Å². The summed E-state index contributed by atoms with van der Waals surface area (Å²) in [6, 6.07) is 3.70. The van der Waals surface area contributed by atoms with Crippen LogP contribution >= 0.6 is 21.7 Å². The van der Waals surface area contributed by atoms with Crippen LogP contribution in [0.2, 0.25) is 0 Å². The quantitative estimate of drug-likeness (QED) is 0.845. The van der Waals surface area contributed by atoms with Gasteiger partial charge >= 0.3 is 0 Å². The van der Waals surface area contributed by atoms with Crippen molar-refractivity contribution in [3.05, 3.63) is 17.7 Å². The minimum absolute atomic E-state index is 0.354. The topological polar surface area (TPSA) is 36.9 Å². The molecule has 4 nitrogen and oxygen atoms in total. The first-order valence-electron chi connectivity index (χ1n) is 5.08. The third-order valence-electron chi connectivity index (χ3n) is 2.45. The molecule has 1 aliphatic rings. The maximum absolute atomic E-state index is 5.80. The number of halogens is 1. The highest BCUT2D eigenvalue weighted by atomic mass is 35.7. The van der Waals surface area contributed by atoms with Crippen molar-refractivity contribution in [2.24, 2.45) is 0 Å². The molecular formula is C11H13ClO4S. The van der Waals surface area contributed by atoms with E-state index in [0.29, 0.717) is 24.7 Å². The Kier molecular flexibility index (Phi) is 4.39. The van der Waals surface area contributed by atoms with Crippen molar-refractivity contribution in [1.82, 2.24) is 0 Å². The van der Waals surface area contributed by atoms with Crippen LogP contribution in [0.3, 0.4) is 0 Å². The van der Waals surface area contributed by atoms with E-state index in [1.54, 1.807) is 14.2 Å². The Labute approximate surface area is 109 Å². The molecule has 1 heterocycles. The Bertz CT molecular complexity index is 368.